The Morgan fingerprint density at radius 2 is 2.10 bits per heavy atom. The maximum atomic E-state index is 13.1. The van der Waals surface area contributed by atoms with Crippen molar-refractivity contribution in [2.45, 2.75) is 37.3 Å². The second-order valence-corrected chi connectivity index (χ2v) is 10.5. The minimum atomic E-state index is -3.64. The van der Waals surface area contributed by atoms with Crippen LogP contribution < -0.4 is 5.32 Å². The summed E-state index contributed by atoms with van der Waals surface area (Å²) in [4.78, 5) is 21.0. The Kier molecular flexibility index (Phi) is 6.17. The fraction of sp³-hybridized carbons (Fsp3) is 0.400. The molecule has 1 N–H and O–H groups in total. The smallest absolute Gasteiger partial charge is 0.252 e. The first-order valence-electron chi connectivity index (χ1n) is 10.0. The Bertz CT molecular complexity index is 1160. The Morgan fingerprint density at radius 3 is 2.74 bits per heavy atom. The van der Waals surface area contributed by atoms with Crippen LogP contribution in [0.1, 0.15) is 31.2 Å². The molecule has 1 aliphatic heterocycles. The van der Waals surface area contributed by atoms with Crippen LogP contribution in [-0.2, 0) is 21.2 Å². The van der Waals surface area contributed by atoms with E-state index in [-0.39, 0.29) is 29.1 Å². The molecular weight excluding hydrogens is 438 g/mol. The number of carbonyl (C=O) groups excluding carboxylic acids is 1. The van der Waals surface area contributed by atoms with Crippen LogP contribution in [0.5, 0.6) is 0 Å². The topological polar surface area (TPSA) is 118 Å². The number of aromatic nitrogens is 3. The van der Waals surface area contributed by atoms with Gasteiger partial charge in [-0.15, -0.1) is 11.3 Å². The van der Waals surface area contributed by atoms with Crippen molar-refractivity contribution in [3.63, 3.8) is 0 Å². The molecule has 11 heteroatoms. The summed E-state index contributed by atoms with van der Waals surface area (Å²) in [5.41, 5.74) is 1.63. The summed E-state index contributed by atoms with van der Waals surface area (Å²) in [5.74, 6) is 1.02. The fourth-order valence-electron chi connectivity index (χ4n) is 3.34. The van der Waals surface area contributed by atoms with Gasteiger partial charge in [-0.25, -0.2) is 13.4 Å². The first-order chi connectivity index (χ1) is 14.9. The van der Waals surface area contributed by atoms with Crippen LogP contribution in [0, 0.1) is 12.8 Å². The molecule has 1 saturated heterocycles. The van der Waals surface area contributed by atoms with Crippen LogP contribution >= 0.6 is 11.3 Å². The average Bonchev–Trinajstić information content (AvgIpc) is 3.45. The van der Waals surface area contributed by atoms with Crippen LogP contribution in [0.2, 0.25) is 0 Å². The molecule has 1 aliphatic rings. The van der Waals surface area contributed by atoms with Crippen molar-refractivity contribution >= 4 is 33.1 Å². The molecule has 0 aromatic carbocycles. The number of amides is 1. The number of hydrogen-bond donors (Lipinski definition) is 1. The lowest BCUT2D eigenvalue weighted by Gasteiger charge is -2.30. The molecule has 0 aliphatic carbocycles. The van der Waals surface area contributed by atoms with E-state index in [4.69, 9.17) is 4.52 Å². The third-order valence-corrected chi connectivity index (χ3v) is 8.50. The number of piperidine rings is 1. The largest absolute Gasteiger partial charge is 0.339 e. The van der Waals surface area contributed by atoms with Gasteiger partial charge in [0.1, 0.15) is 10.0 Å². The van der Waals surface area contributed by atoms with E-state index in [1.165, 1.54) is 4.31 Å². The molecule has 0 saturated carbocycles. The van der Waals surface area contributed by atoms with Crippen molar-refractivity contribution in [2.24, 2.45) is 5.92 Å². The van der Waals surface area contributed by atoms with Crippen LogP contribution in [0.3, 0.4) is 0 Å². The van der Waals surface area contributed by atoms with E-state index in [1.807, 2.05) is 19.9 Å². The maximum Gasteiger partial charge on any atom is 0.252 e. The monoisotopic (exact) mass is 461 g/mol. The average molecular weight is 462 g/mol. The van der Waals surface area contributed by atoms with E-state index in [0.29, 0.717) is 42.4 Å². The zero-order valence-corrected chi connectivity index (χ0v) is 18.9. The molecule has 31 heavy (non-hydrogen) atoms. The predicted molar refractivity (Wildman–Crippen MR) is 116 cm³/mol. The second-order valence-electron chi connectivity index (χ2n) is 7.41. The highest BCUT2D eigenvalue weighted by molar-refractivity contribution is 7.91. The van der Waals surface area contributed by atoms with Crippen molar-refractivity contribution in [1.82, 2.24) is 19.4 Å². The van der Waals surface area contributed by atoms with Crippen molar-refractivity contribution in [3.8, 4) is 11.4 Å². The third kappa shape index (κ3) is 4.68. The Labute approximate surface area is 184 Å². The summed E-state index contributed by atoms with van der Waals surface area (Å²) in [6, 6.07) is 5.21. The summed E-state index contributed by atoms with van der Waals surface area (Å²) in [6.07, 6.45) is 3.22. The van der Waals surface area contributed by atoms with Crippen molar-refractivity contribution in [3.05, 3.63) is 41.2 Å². The molecule has 0 bridgehead atoms. The first kappa shape index (κ1) is 21.6. The van der Waals surface area contributed by atoms with E-state index in [1.54, 1.807) is 23.7 Å². The molecule has 0 atom stereocenters. The number of aryl methyl sites for hydroxylation is 2. The molecule has 164 valence electrons. The number of carbonyl (C=O) groups is 1. The SMILES string of the molecule is CCc1nc(-c2csc(S(=O)(=O)N3CCC(C(=O)Nc4ccc(C)cn4)CC3)c2)no1. The second kappa shape index (κ2) is 8.85. The summed E-state index contributed by atoms with van der Waals surface area (Å²) < 4.78 is 32.9. The summed E-state index contributed by atoms with van der Waals surface area (Å²) in [7, 11) is -3.64. The van der Waals surface area contributed by atoms with Gasteiger partial charge in [0.05, 0.1) is 0 Å². The zero-order chi connectivity index (χ0) is 22.0. The predicted octanol–water partition coefficient (Wildman–Crippen LogP) is 3.10. The maximum absolute atomic E-state index is 13.1. The molecule has 4 heterocycles. The number of sulfonamides is 1. The molecule has 3 aromatic rings. The van der Waals surface area contributed by atoms with Gasteiger partial charge in [-0.3, -0.25) is 4.79 Å². The molecule has 4 rings (SSSR count). The highest BCUT2D eigenvalue weighted by Gasteiger charge is 2.33. The molecular formula is C20H23N5O4S2. The number of anilines is 1. The summed E-state index contributed by atoms with van der Waals surface area (Å²) in [6.45, 7) is 4.41. The number of nitrogens with zero attached hydrogens (tertiary/aromatic N) is 4. The number of pyridine rings is 1. The van der Waals surface area contributed by atoms with E-state index in [0.717, 1.165) is 16.9 Å². The van der Waals surface area contributed by atoms with Gasteiger partial charge in [0.15, 0.2) is 0 Å². The lowest BCUT2D eigenvalue weighted by molar-refractivity contribution is -0.120. The van der Waals surface area contributed by atoms with Crippen LogP contribution in [0.15, 0.2) is 38.5 Å². The van der Waals surface area contributed by atoms with Gasteiger partial charge in [0, 0.05) is 42.6 Å². The van der Waals surface area contributed by atoms with Gasteiger partial charge in [-0.05, 0) is 37.5 Å². The molecule has 3 aromatic heterocycles. The normalized spacial score (nSPS) is 15.8. The molecule has 1 fully saturated rings. The van der Waals surface area contributed by atoms with Crippen molar-refractivity contribution < 1.29 is 17.7 Å². The number of thiophene rings is 1. The molecule has 0 radical (unpaired) electrons. The molecule has 9 nitrogen and oxygen atoms in total. The van der Waals surface area contributed by atoms with Gasteiger partial charge in [-0.2, -0.15) is 9.29 Å². The highest BCUT2D eigenvalue weighted by Crippen LogP contribution is 2.31. The zero-order valence-electron chi connectivity index (χ0n) is 17.2. The lowest BCUT2D eigenvalue weighted by atomic mass is 9.97. The molecule has 0 spiro atoms. The third-order valence-electron chi connectivity index (χ3n) is 5.19. The van der Waals surface area contributed by atoms with Gasteiger partial charge in [0.25, 0.3) is 10.0 Å². The standard InChI is InChI=1S/C20H23N5O4S2/c1-3-17-23-19(24-29-17)15-10-18(30-12-15)31(27,28)25-8-6-14(7-9-25)20(26)22-16-5-4-13(2)11-21-16/h4-5,10-12,14H,3,6-9H2,1-2H3,(H,21,22,26). The molecule has 1 amide bonds. The van der Waals surface area contributed by atoms with Gasteiger partial charge >= 0.3 is 0 Å². The van der Waals surface area contributed by atoms with E-state index >= 15 is 0 Å². The number of hydrogen-bond acceptors (Lipinski definition) is 8. The van der Waals surface area contributed by atoms with Crippen LogP contribution in [-0.4, -0.2) is 46.8 Å². The minimum Gasteiger partial charge on any atom is -0.339 e. The highest BCUT2D eigenvalue weighted by atomic mass is 32.2. The van der Waals surface area contributed by atoms with Crippen LogP contribution in [0.4, 0.5) is 5.82 Å². The Balaban J connectivity index is 1.38. The summed E-state index contributed by atoms with van der Waals surface area (Å²) in [5, 5.41) is 8.42. The summed E-state index contributed by atoms with van der Waals surface area (Å²) >= 11 is 1.13. The number of rotatable bonds is 6. The molecule has 0 unspecified atom stereocenters. The van der Waals surface area contributed by atoms with E-state index in [9.17, 15) is 13.2 Å². The van der Waals surface area contributed by atoms with Crippen molar-refractivity contribution in [1.29, 1.82) is 0 Å². The van der Waals surface area contributed by atoms with Gasteiger partial charge < -0.3 is 9.84 Å². The first-order valence-corrected chi connectivity index (χ1v) is 12.3. The van der Waals surface area contributed by atoms with E-state index in [2.05, 4.69) is 20.4 Å². The van der Waals surface area contributed by atoms with E-state index < -0.39 is 10.0 Å². The lowest BCUT2D eigenvalue weighted by Crippen LogP contribution is -2.41. The van der Waals surface area contributed by atoms with Gasteiger partial charge in [0.2, 0.25) is 17.6 Å². The van der Waals surface area contributed by atoms with Crippen LogP contribution in [0.25, 0.3) is 11.4 Å². The Hall–Kier alpha value is -2.63. The van der Waals surface area contributed by atoms with Gasteiger partial charge in [-0.1, -0.05) is 18.1 Å². The minimum absolute atomic E-state index is 0.129. The number of nitrogens with one attached hydrogen (secondary N) is 1. The quantitative estimate of drug-likeness (QED) is 0.599. The fourth-order valence-corrected chi connectivity index (χ4v) is 6.12. The Morgan fingerprint density at radius 1 is 1.32 bits per heavy atom. The van der Waals surface area contributed by atoms with Crippen molar-refractivity contribution in [2.75, 3.05) is 18.4 Å².